The molecule has 1 aromatic rings. The third kappa shape index (κ3) is 2.01. The number of aromatic nitrogens is 1. The average Bonchev–Trinajstić information content (AvgIpc) is 1.80. The Morgan fingerprint density at radius 1 is 1.60 bits per heavy atom. The van der Waals surface area contributed by atoms with E-state index in [2.05, 4.69) is 4.98 Å². The van der Waals surface area contributed by atoms with E-state index in [1.54, 1.807) is 0 Å². The lowest BCUT2D eigenvalue weighted by atomic mass is 10.4. The highest BCUT2D eigenvalue weighted by molar-refractivity contribution is 6.30. The molecule has 0 bridgehead atoms. The molecule has 0 aromatic carbocycles. The van der Waals surface area contributed by atoms with Crippen molar-refractivity contribution in [2.75, 3.05) is 5.73 Å². The molecule has 0 aliphatic heterocycles. The van der Waals surface area contributed by atoms with Crippen molar-refractivity contribution in [2.45, 2.75) is 0 Å². The van der Waals surface area contributed by atoms with Gasteiger partial charge in [-0.3, -0.25) is 0 Å². The van der Waals surface area contributed by atoms with Crippen LogP contribution in [0.3, 0.4) is 0 Å². The van der Waals surface area contributed by atoms with Crippen LogP contribution in [0.25, 0.3) is 0 Å². The number of rotatable bonds is 0. The molecule has 2 N–H and O–H groups in total. The maximum atomic E-state index is 12.2. The summed E-state index contributed by atoms with van der Waals surface area (Å²) in [6, 6.07) is 1.26. The molecule has 0 saturated heterocycles. The van der Waals surface area contributed by atoms with Crippen molar-refractivity contribution in [3.8, 4) is 0 Å². The van der Waals surface area contributed by atoms with Crippen LogP contribution in [0.15, 0.2) is 12.3 Å². The number of anilines is 1. The first-order valence-corrected chi connectivity index (χ1v) is 2.64. The van der Waals surface area contributed by atoms with Gasteiger partial charge in [-0.05, 0) is 0 Å². The number of nitrogens with two attached hydrogens (primary N) is 1. The van der Waals surface area contributed by atoms with Gasteiger partial charge in [-0.2, -0.15) is 0 Å². The lowest BCUT2D eigenvalue weighted by Gasteiger charge is -1.92. The molecular formula is C5H5Cl2FN2. The van der Waals surface area contributed by atoms with Gasteiger partial charge in [0.15, 0.2) is 5.82 Å². The summed E-state index contributed by atoms with van der Waals surface area (Å²) in [6.45, 7) is 0. The molecule has 10 heavy (non-hydrogen) atoms. The molecule has 0 atom stereocenters. The molecule has 1 aromatic heterocycles. The van der Waals surface area contributed by atoms with Gasteiger partial charge in [-0.1, -0.05) is 11.6 Å². The fourth-order valence-electron chi connectivity index (χ4n) is 0.429. The summed E-state index contributed by atoms with van der Waals surface area (Å²) >= 11 is 5.32. The lowest BCUT2D eigenvalue weighted by Crippen LogP contribution is -1.89. The van der Waals surface area contributed by atoms with Gasteiger partial charge in [0.2, 0.25) is 0 Å². The van der Waals surface area contributed by atoms with E-state index in [1.165, 1.54) is 6.07 Å². The van der Waals surface area contributed by atoms with Crippen LogP contribution in [0, 0.1) is 5.82 Å². The molecule has 0 radical (unpaired) electrons. The standard InChI is InChI=1S/C5H4ClFN2.ClH/c6-3-1-5(8)9-2-4(3)7;/h1-2H,(H2,8,9);1H. The first kappa shape index (κ1) is 9.46. The number of pyridine rings is 1. The largest absolute Gasteiger partial charge is 0.384 e. The van der Waals surface area contributed by atoms with Crippen molar-refractivity contribution in [2.24, 2.45) is 0 Å². The average molecular weight is 183 g/mol. The fourth-order valence-corrected chi connectivity index (χ4v) is 0.590. The highest BCUT2D eigenvalue weighted by Gasteiger charge is 1.97. The van der Waals surface area contributed by atoms with Crippen molar-refractivity contribution in [3.05, 3.63) is 23.1 Å². The van der Waals surface area contributed by atoms with Gasteiger partial charge >= 0.3 is 0 Å². The minimum absolute atomic E-state index is 0. The molecule has 0 unspecified atom stereocenters. The topological polar surface area (TPSA) is 38.9 Å². The summed E-state index contributed by atoms with van der Waals surface area (Å²) in [5.74, 6) is -0.327. The first-order valence-electron chi connectivity index (χ1n) is 2.26. The summed E-state index contributed by atoms with van der Waals surface area (Å²) in [4.78, 5) is 3.46. The smallest absolute Gasteiger partial charge is 0.160 e. The molecule has 0 saturated carbocycles. The second kappa shape index (κ2) is 3.58. The maximum absolute atomic E-state index is 12.2. The Balaban J connectivity index is 0.000000810. The molecule has 56 valence electrons. The van der Waals surface area contributed by atoms with Crippen molar-refractivity contribution in [1.29, 1.82) is 0 Å². The Bertz CT molecular complexity index is 229. The Kier molecular flexibility index (Phi) is 3.39. The van der Waals surface area contributed by atoms with Crippen LogP contribution in [0.4, 0.5) is 10.2 Å². The summed E-state index contributed by atoms with van der Waals surface area (Å²) in [7, 11) is 0. The van der Waals surface area contributed by atoms with Crippen LogP contribution < -0.4 is 5.73 Å². The Labute approximate surface area is 68.6 Å². The van der Waals surface area contributed by atoms with Crippen molar-refractivity contribution in [3.63, 3.8) is 0 Å². The van der Waals surface area contributed by atoms with Gasteiger partial charge in [0.1, 0.15) is 5.82 Å². The lowest BCUT2D eigenvalue weighted by molar-refractivity contribution is 0.622. The monoisotopic (exact) mass is 182 g/mol. The Morgan fingerprint density at radius 2 is 2.20 bits per heavy atom. The van der Waals surface area contributed by atoms with E-state index in [0.29, 0.717) is 0 Å². The first-order chi connectivity index (χ1) is 4.20. The maximum Gasteiger partial charge on any atom is 0.160 e. The third-order valence-electron chi connectivity index (χ3n) is 0.830. The molecule has 0 spiro atoms. The molecule has 5 heteroatoms. The van der Waals surface area contributed by atoms with Crippen molar-refractivity contribution in [1.82, 2.24) is 4.98 Å². The van der Waals surface area contributed by atoms with E-state index in [9.17, 15) is 4.39 Å². The van der Waals surface area contributed by atoms with Crippen LogP contribution in [0.2, 0.25) is 5.02 Å². The van der Waals surface area contributed by atoms with E-state index in [4.69, 9.17) is 17.3 Å². The Morgan fingerprint density at radius 3 is 2.60 bits per heavy atom. The highest BCUT2D eigenvalue weighted by Crippen LogP contribution is 2.13. The number of nitrogen functional groups attached to an aromatic ring is 1. The molecule has 1 rings (SSSR count). The van der Waals surface area contributed by atoms with Crippen LogP contribution in [-0.4, -0.2) is 4.98 Å². The second-order valence-electron chi connectivity index (χ2n) is 1.52. The van der Waals surface area contributed by atoms with E-state index in [1.807, 2.05) is 0 Å². The molecule has 0 fully saturated rings. The van der Waals surface area contributed by atoms with Gasteiger partial charge in [0, 0.05) is 6.07 Å². The predicted octanol–water partition coefficient (Wildman–Crippen LogP) is 1.88. The minimum Gasteiger partial charge on any atom is -0.384 e. The minimum atomic E-state index is -0.550. The zero-order chi connectivity index (χ0) is 6.85. The van der Waals surface area contributed by atoms with Gasteiger partial charge in [-0.15, -0.1) is 12.4 Å². The van der Waals surface area contributed by atoms with Gasteiger partial charge in [0.25, 0.3) is 0 Å². The molecule has 1 heterocycles. The number of hydrogen-bond acceptors (Lipinski definition) is 2. The third-order valence-corrected chi connectivity index (χ3v) is 1.12. The normalized spacial score (nSPS) is 8.60. The van der Waals surface area contributed by atoms with Crippen molar-refractivity contribution < 1.29 is 4.39 Å². The molecule has 0 aliphatic carbocycles. The van der Waals surface area contributed by atoms with Crippen molar-refractivity contribution >= 4 is 29.8 Å². The van der Waals surface area contributed by atoms with E-state index in [-0.39, 0.29) is 23.2 Å². The van der Waals surface area contributed by atoms with E-state index < -0.39 is 5.82 Å². The van der Waals surface area contributed by atoms with E-state index in [0.717, 1.165) is 6.20 Å². The van der Waals surface area contributed by atoms with Crippen LogP contribution in [-0.2, 0) is 0 Å². The van der Waals surface area contributed by atoms with Crippen LogP contribution in [0.1, 0.15) is 0 Å². The zero-order valence-corrected chi connectivity index (χ0v) is 6.42. The number of hydrogen-bond donors (Lipinski definition) is 1. The predicted molar refractivity (Wildman–Crippen MR) is 40.9 cm³/mol. The van der Waals surface area contributed by atoms with Crippen LogP contribution in [0.5, 0.6) is 0 Å². The zero-order valence-electron chi connectivity index (χ0n) is 4.84. The molecule has 0 amide bonds. The van der Waals surface area contributed by atoms with Gasteiger partial charge in [-0.25, -0.2) is 9.37 Å². The van der Waals surface area contributed by atoms with Crippen LogP contribution >= 0.6 is 24.0 Å². The summed E-state index contributed by atoms with van der Waals surface area (Å²) in [5.41, 5.74) is 5.17. The quantitative estimate of drug-likeness (QED) is 0.666. The highest BCUT2D eigenvalue weighted by atomic mass is 35.5. The number of halogens is 3. The Hall–Kier alpha value is -0.540. The summed E-state index contributed by atoms with van der Waals surface area (Å²) in [6.07, 6.45) is 0.984. The molecule has 0 aliphatic rings. The summed E-state index contributed by atoms with van der Waals surface area (Å²) < 4.78 is 12.2. The SMILES string of the molecule is Cl.Nc1cc(Cl)c(F)cn1. The number of nitrogens with zero attached hydrogens (tertiary/aromatic N) is 1. The van der Waals surface area contributed by atoms with Gasteiger partial charge in [0.05, 0.1) is 11.2 Å². The van der Waals surface area contributed by atoms with E-state index >= 15 is 0 Å². The fraction of sp³-hybridized carbons (Fsp3) is 0. The van der Waals surface area contributed by atoms with Gasteiger partial charge < -0.3 is 5.73 Å². The second-order valence-corrected chi connectivity index (χ2v) is 1.93. The summed E-state index contributed by atoms with van der Waals surface area (Å²) in [5, 5.41) is 0.00231. The molecule has 2 nitrogen and oxygen atoms in total. The molecular weight excluding hydrogens is 178 g/mol.